The summed E-state index contributed by atoms with van der Waals surface area (Å²) in [5.74, 6) is -0.333. The van der Waals surface area contributed by atoms with Gasteiger partial charge in [0.2, 0.25) is 0 Å². The van der Waals surface area contributed by atoms with Crippen molar-refractivity contribution in [2.45, 2.75) is 0 Å². The quantitative estimate of drug-likeness (QED) is 0.161. The van der Waals surface area contributed by atoms with Gasteiger partial charge in [-0.15, -0.1) is 0 Å². The van der Waals surface area contributed by atoms with Crippen LogP contribution in [0.3, 0.4) is 0 Å². The third-order valence-corrected chi connectivity index (χ3v) is 0. The van der Waals surface area contributed by atoms with Gasteiger partial charge in [0.15, 0.2) is 5.96 Å². The molecule has 0 aromatic rings. The van der Waals surface area contributed by atoms with Crippen molar-refractivity contribution in [3.8, 4) is 5.40 Å². The highest BCUT2D eigenvalue weighted by Crippen LogP contribution is 1.16. The van der Waals surface area contributed by atoms with Crippen molar-refractivity contribution in [3.05, 3.63) is 0 Å². The van der Waals surface area contributed by atoms with Crippen LogP contribution in [0.4, 0.5) is 0 Å². The van der Waals surface area contributed by atoms with E-state index in [0.29, 0.717) is 0 Å². The summed E-state index contributed by atoms with van der Waals surface area (Å²) >= 11 is 3.70. The van der Waals surface area contributed by atoms with Crippen LogP contribution < -0.4 is 11.5 Å². The SMILES string of the molecule is N#C[S-].N=C(N)N. The summed E-state index contributed by atoms with van der Waals surface area (Å²) < 4.78 is 0. The highest BCUT2D eigenvalue weighted by atomic mass is 32.1. The average molecular weight is 117 g/mol. The highest BCUT2D eigenvalue weighted by Gasteiger charge is 1.52. The molecule has 0 saturated heterocycles. The molecule has 5 heteroatoms. The van der Waals surface area contributed by atoms with Crippen LogP contribution in [0, 0.1) is 16.1 Å². The Labute approximate surface area is 47.0 Å². The van der Waals surface area contributed by atoms with Gasteiger partial charge in [0.25, 0.3) is 0 Å². The Balaban J connectivity index is 0. The molecule has 0 aliphatic rings. The molecule has 0 aromatic carbocycles. The molecular formula is C2H5N4S-. The maximum Gasteiger partial charge on any atom is 0.183 e. The van der Waals surface area contributed by atoms with Crippen molar-refractivity contribution in [2.75, 3.05) is 0 Å². The number of rotatable bonds is 0. The largest absolute Gasteiger partial charge is 0.696 e. The number of nitrogens with one attached hydrogen (secondary N) is 1. The van der Waals surface area contributed by atoms with Gasteiger partial charge in [0.1, 0.15) is 0 Å². The number of nitrogens with two attached hydrogens (primary N) is 2. The maximum absolute atomic E-state index is 7.13. The molecule has 0 amide bonds. The van der Waals surface area contributed by atoms with Crippen molar-refractivity contribution in [2.24, 2.45) is 11.5 Å². The second kappa shape index (κ2) is 8.88. The molecule has 0 saturated carbocycles. The van der Waals surface area contributed by atoms with Crippen LogP contribution in [0.25, 0.3) is 0 Å². The first kappa shape index (κ1) is 9.36. The number of hydrogen-bond acceptors (Lipinski definition) is 3. The van der Waals surface area contributed by atoms with E-state index in [1.807, 2.05) is 0 Å². The van der Waals surface area contributed by atoms with Crippen LogP contribution in [0.2, 0.25) is 0 Å². The second-order valence-corrected chi connectivity index (χ2v) is 0.729. The molecule has 5 N–H and O–H groups in total. The monoisotopic (exact) mass is 117 g/mol. The lowest BCUT2D eigenvalue weighted by molar-refractivity contribution is 1.39. The minimum absolute atomic E-state index is 0.333. The van der Waals surface area contributed by atoms with E-state index >= 15 is 0 Å². The van der Waals surface area contributed by atoms with Crippen LogP contribution in [-0.4, -0.2) is 5.96 Å². The lowest BCUT2D eigenvalue weighted by Gasteiger charge is -1.69. The van der Waals surface area contributed by atoms with Crippen LogP contribution >= 0.6 is 0 Å². The van der Waals surface area contributed by atoms with Gasteiger partial charge in [-0.2, -0.15) is 0 Å². The average Bonchev–Trinajstić information content (AvgIpc) is 1.33. The van der Waals surface area contributed by atoms with E-state index in [1.165, 1.54) is 5.40 Å². The molecule has 0 atom stereocenters. The van der Waals surface area contributed by atoms with E-state index in [2.05, 4.69) is 24.1 Å². The zero-order chi connectivity index (χ0) is 6.28. The van der Waals surface area contributed by atoms with Crippen LogP contribution in [0.5, 0.6) is 0 Å². The fraction of sp³-hybridized carbons (Fsp3) is 0. The fourth-order valence-corrected chi connectivity index (χ4v) is 0. The Kier molecular flexibility index (Phi) is 11.9. The van der Waals surface area contributed by atoms with E-state index in [0.717, 1.165) is 0 Å². The number of thiocyanates is 1. The summed E-state index contributed by atoms with van der Waals surface area (Å²) in [5.41, 5.74) is 8.94. The molecule has 4 nitrogen and oxygen atoms in total. The maximum atomic E-state index is 7.13. The van der Waals surface area contributed by atoms with Gasteiger partial charge in [0.05, 0.1) is 0 Å². The summed E-state index contributed by atoms with van der Waals surface area (Å²) in [6, 6.07) is 0. The molecule has 0 aliphatic carbocycles. The lowest BCUT2D eigenvalue weighted by Crippen LogP contribution is -2.20. The van der Waals surface area contributed by atoms with Gasteiger partial charge in [-0.05, 0) is 0 Å². The Morgan fingerprint density at radius 3 is 1.71 bits per heavy atom. The summed E-state index contributed by atoms with van der Waals surface area (Å²) in [5, 5.41) is 14.5. The van der Waals surface area contributed by atoms with Crippen molar-refractivity contribution in [1.29, 1.82) is 10.7 Å². The van der Waals surface area contributed by atoms with Crippen molar-refractivity contribution >= 4 is 18.6 Å². The molecule has 0 radical (unpaired) electrons. The molecule has 0 aromatic heterocycles. The van der Waals surface area contributed by atoms with Crippen LogP contribution in [0.1, 0.15) is 0 Å². The molecule has 0 aliphatic heterocycles. The number of hydrogen-bond donors (Lipinski definition) is 3. The van der Waals surface area contributed by atoms with Gasteiger partial charge >= 0.3 is 0 Å². The van der Waals surface area contributed by atoms with Gasteiger partial charge in [-0.1, -0.05) is 5.40 Å². The lowest BCUT2D eigenvalue weighted by atomic mass is 11.1. The van der Waals surface area contributed by atoms with Crippen LogP contribution in [0.15, 0.2) is 0 Å². The topological polar surface area (TPSA) is 99.7 Å². The van der Waals surface area contributed by atoms with Crippen LogP contribution in [-0.2, 0) is 12.6 Å². The highest BCUT2D eigenvalue weighted by molar-refractivity contribution is 7.64. The molecule has 0 fully saturated rings. The van der Waals surface area contributed by atoms with Crippen molar-refractivity contribution < 1.29 is 0 Å². The first-order valence-corrected chi connectivity index (χ1v) is 1.66. The van der Waals surface area contributed by atoms with E-state index in [1.54, 1.807) is 0 Å². The zero-order valence-corrected chi connectivity index (χ0v) is 4.33. The van der Waals surface area contributed by atoms with Gasteiger partial charge in [-0.3, -0.25) is 5.41 Å². The normalized spacial score (nSPS) is 4.43. The summed E-state index contributed by atoms with van der Waals surface area (Å²) in [4.78, 5) is 0. The van der Waals surface area contributed by atoms with Gasteiger partial charge in [0, 0.05) is 0 Å². The molecule has 7 heavy (non-hydrogen) atoms. The first-order valence-electron chi connectivity index (χ1n) is 1.26. The minimum Gasteiger partial charge on any atom is -0.696 e. The summed E-state index contributed by atoms with van der Waals surface area (Å²) in [6.45, 7) is 0. The second-order valence-electron chi connectivity index (χ2n) is 0.547. The Bertz CT molecular complexity index is 78.2. The molecule has 0 spiro atoms. The predicted octanol–water partition coefficient (Wildman–Crippen LogP) is -1.15. The molecular weight excluding hydrogens is 112 g/mol. The Hall–Kier alpha value is -1.02. The number of nitriles is 1. The molecule has 40 valence electrons. The van der Waals surface area contributed by atoms with E-state index < -0.39 is 0 Å². The first-order chi connectivity index (χ1) is 3.15. The van der Waals surface area contributed by atoms with Gasteiger partial charge in [-0.25, -0.2) is 5.26 Å². The van der Waals surface area contributed by atoms with Gasteiger partial charge < -0.3 is 24.1 Å². The summed E-state index contributed by atoms with van der Waals surface area (Å²) in [7, 11) is 0. The standard InChI is InChI=1S/CH5N3.CHNS/c2-1(3)4;2-1-3/h(H5,2,3,4);3H/p-1. The van der Waals surface area contributed by atoms with E-state index in [-0.39, 0.29) is 5.96 Å². The predicted molar refractivity (Wildman–Crippen MR) is 29.1 cm³/mol. The number of guanidine groups is 1. The Morgan fingerprint density at radius 1 is 1.71 bits per heavy atom. The third-order valence-electron chi connectivity index (χ3n) is 0. The molecule has 0 rings (SSSR count). The smallest absolute Gasteiger partial charge is 0.183 e. The zero-order valence-electron chi connectivity index (χ0n) is 3.51. The van der Waals surface area contributed by atoms with E-state index in [9.17, 15) is 0 Å². The molecule has 0 bridgehead atoms. The molecule has 0 heterocycles. The minimum atomic E-state index is -0.333. The molecule has 0 unspecified atom stereocenters. The third kappa shape index (κ3) is 42.5. The number of nitrogens with zero attached hydrogens (tertiary/aromatic N) is 1. The van der Waals surface area contributed by atoms with Crippen molar-refractivity contribution in [1.82, 2.24) is 0 Å². The van der Waals surface area contributed by atoms with E-state index in [4.69, 9.17) is 10.7 Å². The van der Waals surface area contributed by atoms with Crippen molar-refractivity contribution in [3.63, 3.8) is 0 Å². The summed E-state index contributed by atoms with van der Waals surface area (Å²) in [6.07, 6.45) is 0. The fourth-order valence-electron chi connectivity index (χ4n) is 0. The Morgan fingerprint density at radius 2 is 1.71 bits per heavy atom.